The quantitative estimate of drug-likeness (QED) is 0.573. The molecule has 31 heavy (non-hydrogen) atoms. The molecular formula is C24H19ClN2O4. The van der Waals surface area contributed by atoms with Gasteiger partial charge in [0.25, 0.3) is 11.8 Å². The molecule has 0 aromatic heterocycles. The maximum Gasteiger partial charge on any atom is 0.291 e. The molecule has 156 valence electrons. The summed E-state index contributed by atoms with van der Waals surface area (Å²) in [6.07, 6.45) is 1.61. The Kier molecular flexibility index (Phi) is 5.91. The third-order valence-corrected chi connectivity index (χ3v) is 4.94. The molecule has 3 aromatic carbocycles. The monoisotopic (exact) mass is 434 g/mol. The zero-order valence-electron chi connectivity index (χ0n) is 16.6. The van der Waals surface area contributed by atoms with Gasteiger partial charge in [-0.25, -0.2) is 0 Å². The van der Waals surface area contributed by atoms with Crippen LogP contribution in [0.25, 0.3) is 6.08 Å². The Balaban J connectivity index is 1.50. The largest absolute Gasteiger partial charge is 0.496 e. The maximum atomic E-state index is 12.5. The van der Waals surface area contributed by atoms with Crippen molar-refractivity contribution in [2.75, 3.05) is 12.4 Å². The molecule has 2 amide bonds. The minimum Gasteiger partial charge on any atom is -0.496 e. The Bertz CT molecular complexity index is 1190. The second-order valence-corrected chi connectivity index (χ2v) is 7.27. The van der Waals surface area contributed by atoms with Crippen molar-refractivity contribution < 1.29 is 19.1 Å². The van der Waals surface area contributed by atoms with Gasteiger partial charge in [0.05, 0.1) is 12.8 Å². The van der Waals surface area contributed by atoms with E-state index in [4.69, 9.17) is 21.1 Å². The van der Waals surface area contributed by atoms with Crippen LogP contribution < -0.4 is 20.1 Å². The molecule has 0 saturated carbocycles. The summed E-state index contributed by atoms with van der Waals surface area (Å²) in [5.74, 6) is 0.536. The lowest BCUT2D eigenvalue weighted by atomic mass is 10.1. The number of hydrogen-bond acceptors (Lipinski definition) is 4. The number of carbonyl (C=O) groups excluding carboxylic acids is 2. The van der Waals surface area contributed by atoms with E-state index in [0.29, 0.717) is 34.3 Å². The van der Waals surface area contributed by atoms with Crippen molar-refractivity contribution in [3.63, 3.8) is 0 Å². The van der Waals surface area contributed by atoms with E-state index in [0.717, 1.165) is 11.1 Å². The average molecular weight is 435 g/mol. The molecule has 1 aliphatic rings. The molecule has 0 radical (unpaired) electrons. The lowest BCUT2D eigenvalue weighted by molar-refractivity contribution is -0.115. The van der Waals surface area contributed by atoms with E-state index in [1.165, 1.54) is 0 Å². The number of rotatable bonds is 5. The average Bonchev–Trinajstić information content (AvgIpc) is 2.78. The summed E-state index contributed by atoms with van der Waals surface area (Å²) in [6.45, 7) is 0.338. The minimum absolute atomic E-state index is 0.134. The Labute approximate surface area is 184 Å². The van der Waals surface area contributed by atoms with Crippen LogP contribution in [0.2, 0.25) is 5.02 Å². The molecule has 0 unspecified atom stereocenters. The smallest absolute Gasteiger partial charge is 0.291 e. The summed E-state index contributed by atoms with van der Waals surface area (Å²) in [5.41, 5.74) is 2.44. The molecule has 0 fully saturated rings. The number of hydrogen-bond donors (Lipinski definition) is 2. The summed E-state index contributed by atoms with van der Waals surface area (Å²) >= 11 is 5.97. The van der Waals surface area contributed by atoms with E-state index in [-0.39, 0.29) is 11.7 Å². The van der Waals surface area contributed by atoms with Crippen LogP contribution >= 0.6 is 11.6 Å². The second kappa shape index (κ2) is 8.93. The standard InChI is InChI=1S/C24H19ClN2O4/c1-30-20-8-3-2-6-16(20)13-22-24(29)27-19-12-17(9-10-21(19)31-22)23(28)26-14-15-5-4-7-18(25)11-15/h2-13H,14H2,1H3,(H,26,28)(H,27,29)/b22-13+. The fourth-order valence-electron chi connectivity index (χ4n) is 3.16. The Morgan fingerprint density at radius 3 is 2.77 bits per heavy atom. The highest BCUT2D eigenvalue weighted by Crippen LogP contribution is 2.33. The van der Waals surface area contributed by atoms with Gasteiger partial charge in [-0.15, -0.1) is 0 Å². The summed E-state index contributed by atoms with van der Waals surface area (Å²) in [4.78, 5) is 25.0. The summed E-state index contributed by atoms with van der Waals surface area (Å²) in [6, 6.07) is 19.5. The molecule has 7 heteroatoms. The zero-order valence-corrected chi connectivity index (χ0v) is 17.4. The molecule has 6 nitrogen and oxygen atoms in total. The van der Waals surface area contributed by atoms with Crippen molar-refractivity contribution in [3.8, 4) is 11.5 Å². The van der Waals surface area contributed by atoms with Gasteiger partial charge < -0.3 is 20.1 Å². The van der Waals surface area contributed by atoms with E-state index in [1.54, 1.807) is 49.6 Å². The van der Waals surface area contributed by atoms with Crippen molar-refractivity contribution in [1.82, 2.24) is 5.32 Å². The normalized spacial score (nSPS) is 13.7. The molecule has 2 N–H and O–H groups in total. The van der Waals surface area contributed by atoms with Crippen molar-refractivity contribution in [2.24, 2.45) is 0 Å². The first-order valence-electron chi connectivity index (χ1n) is 9.54. The fourth-order valence-corrected chi connectivity index (χ4v) is 3.37. The zero-order chi connectivity index (χ0) is 21.8. The third kappa shape index (κ3) is 4.70. The first kappa shape index (κ1) is 20.5. The number of halogens is 1. The SMILES string of the molecule is COc1ccccc1/C=C1/Oc2ccc(C(=O)NCc3cccc(Cl)c3)cc2NC1=O. The van der Waals surface area contributed by atoms with Gasteiger partial charge in [-0.05, 0) is 48.0 Å². The molecule has 0 bridgehead atoms. The number of methoxy groups -OCH3 is 1. The summed E-state index contributed by atoms with van der Waals surface area (Å²) in [7, 11) is 1.56. The van der Waals surface area contributed by atoms with Gasteiger partial charge in [0, 0.05) is 22.7 Å². The highest BCUT2D eigenvalue weighted by molar-refractivity contribution is 6.30. The van der Waals surface area contributed by atoms with Gasteiger partial charge in [0.15, 0.2) is 11.5 Å². The van der Waals surface area contributed by atoms with E-state index in [2.05, 4.69) is 10.6 Å². The van der Waals surface area contributed by atoms with Gasteiger partial charge in [-0.2, -0.15) is 0 Å². The number of ether oxygens (including phenoxy) is 2. The number of anilines is 1. The van der Waals surface area contributed by atoms with Gasteiger partial charge in [0.2, 0.25) is 0 Å². The van der Waals surface area contributed by atoms with Crippen LogP contribution in [0.5, 0.6) is 11.5 Å². The van der Waals surface area contributed by atoms with Crippen LogP contribution in [0.4, 0.5) is 5.69 Å². The summed E-state index contributed by atoms with van der Waals surface area (Å²) in [5, 5.41) is 6.22. The number of carbonyl (C=O) groups is 2. The fraction of sp³-hybridized carbons (Fsp3) is 0.0833. The molecule has 0 aliphatic carbocycles. The van der Waals surface area contributed by atoms with Crippen LogP contribution in [0, 0.1) is 0 Å². The molecule has 0 spiro atoms. The Morgan fingerprint density at radius 2 is 1.97 bits per heavy atom. The van der Waals surface area contributed by atoms with Crippen molar-refractivity contribution in [2.45, 2.75) is 6.54 Å². The van der Waals surface area contributed by atoms with Gasteiger partial charge in [0.1, 0.15) is 5.75 Å². The molecule has 4 rings (SSSR count). The van der Waals surface area contributed by atoms with Crippen molar-refractivity contribution >= 4 is 35.2 Å². The van der Waals surface area contributed by atoms with Crippen LogP contribution in [0.15, 0.2) is 72.5 Å². The number of benzene rings is 3. The van der Waals surface area contributed by atoms with Crippen molar-refractivity contribution in [1.29, 1.82) is 0 Å². The van der Waals surface area contributed by atoms with E-state index < -0.39 is 5.91 Å². The molecule has 3 aromatic rings. The van der Waals surface area contributed by atoms with Gasteiger partial charge >= 0.3 is 0 Å². The number of amides is 2. The van der Waals surface area contributed by atoms with E-state index in [1.807, 2.05) is 30.3 Å². The first-order valence-corrected chi connectivity index (χ1v) is 9.92. The first-order chi connectivity index (χ1) is 15.0. The minimum atomic E-state index is -0.408. The Hall–Kier alpha value is -3.77. The second-order valence-electron chi connectivity index (χ2n) is 6.83. The van der Waals surface area contributed by atoms with Crippen LogP contribution in [0.3, 0.4) is 0 Å². The molecule has 0 atom stereocenters. The van der Waals surface area contributed by atoms with Crippen LogP contribution in [-0.2, 0) is 11.3 Å². The summed E-state index contributed by atoms with van der Waals surface area (Å²) < 4.78 is 11.1. The molecule has 0 saturated heterocycles. The highest BCUT2D eigenvalue weighted by atomic mass is 35.5. The van der Waals surface area contributed by atoms with Crippen LogP contribution in [0.1, 0.15) is 21.5 Å². The molecule has 1 aliphatic heterocycles. The lowest BCUT2D eigenvalue weighted by Crippen LogP contribution is -2.25. The topological polar surface area (TPSA) is 76.7 Å². The number of nitrogens with one attached hydrogen (secondary N) is 2. The number of fused-ring (bicyclic) bond motifs is 1. The lowest BCUT2D eigenvalue weighted by Gasteiger charge is -2.21. The molecule has 1 heterocycles. The maximum absolute atomic E-state index is 12.5. The Morgan fingerprint density at radius 1 is 1.13 bits per heavy atom. The van der Waals surface area contributed by atoms with Crippen LogP contribution in [-0.4, -0.2) is 18.9 Å². The van der Waals surface area contributed by atoms with Gasteiger partial charge in [-0.3, -0.25) is 9.59 Å². The van der Waals surface area contributed by atoms with E-state index in [9.17, 15) is 9.59 Å². The number of para-hydroxylation sites is 1. The predicted molar refractivity (Wildman–Crippen MR) is 119 cm³/mol. The van der Waals surface area contributed by atoms with E-state index >= 15 is 0 Å². The predicted octanol–water partition coefficient (Wildman–Crippen LogP) is 4.65. The van der Waals surface area contributed by atoms with Gasteiger partial charge in [-0.1, -0.05) is 41.9 Å². The molecular weight excluding hydrogens is 416 g/mol. The third-order valence-electron chi connectivity index (χ3n) is 4.70. The highest BCUT2D eigenvalue weighted by Gasteiger charge is 2.23. The van der Waals surface area contributed by atoms with Crippen molar-refractivity contribution in [3.05, 3.63) is 94.2 Å².